The first-order valence-electron chi connectivity index (χ1n) is 7.86. The maximum Gasteiger partial charge on any atom is 0.242 e. The third kappa shape index (κ3) is 4.24. The zero-order valence-corrected chi connectivity index (χ0v) is 16.4. The Labute approximate surface area is 149 Å². The molecule has 0 spiro atoms. The number of ether oxygens (including phenoxy) is 1. The first kappa shape index (κ1) is 19.1. The summed E-state index contributed by atoms with van der Waals surface area (Å²) in [6, 6.07) is 5.02. The second-order valence-corrected chi connectivity index (χ2v) is 8.90. The van der Waals surface area contributed by atoms with Gasteiger partial charge in [0.25, 0.3) is 0 Å². The first-order chi connectivity index (χ1) is 11.1. The lowest BCUT2D eigenvalue weighted by Crippen LogP contribution is -2.49. The lowest BCUT2D eigenvalue weighted by atomic mass is 10.2. The normalized spacial score (nSPS) is 21.8. The van der Waals surface area contributed by atoms with Crippen LogP contribution in [0, 0.1) is 6.92 Å². The maximum atomic E-state index is 12.3. The Morgan fingerprint density at radius 2 is 1.88 bits per heavy atom. The van der Waals surface area contributed by atoms with Crippen molar-refractivity contribution in [1.82, 2.24) is 9.21 Å². The molecule has 0 radical (unpaired) electrons. The molecule has 0 amide bonds. The average molecular weight is 372 g/mol. The van der Waals surface area contributed by atoms with E-state index in [1.54, 1.807) is 18.2 Å². The Balaban J connectivity index is 2.22. The lowest BCUT2D eigenvalue weighted by molar-refractivity contribution is -0.0473. The summed E-state index contributed by atoms with van der Waals surface area (Å²) in [6.45, 7) is 7.37. The van der Waals surface area contributed by atoms with Gasteiger partial charge < -0.3 is 15.0 Å². The molecule has 1 heterocycles. The Kier molecular flexibility index (Phi) is 5.85. The molecule has 0 saturated carbocycles. The van der Waals surface area contributed by atoms with Gasteiger partial charge in [-0.3, -0.25) is 0 Å². The Hall–Kier alpha value is -1.22. The van der Waals surface area contributed by atoms with Crippen molar-refractivity contribution in [3.63, 3.8) is 0 Å². The number of rotatable bonds is 3. The van der Waals surface area contributed by atoms with Gasteiger partial charge in [-0.1, -0.05) is 6.07 Å². The van der Waals surface area contributed by atoms with E-state index in [1.807, 2.05) is 20.8 Å². The van der Waals surface area contributed by atoms with Gasteiger partial charge in [-0.2, -0.15) is 0 Å². The highest BCUT2D eigenvalue weighted by atomic mass is 32.2. The molecule has 1 N–H and O–H groups in total. The van der Waals surface area contributed by atoms with Gasteiger partial charge in [-0.05, 0) is 50.7 Å². The molecule has 1 aliphatic rings. The number of hydrogen-bond acceptors (Lipinski definition) is 4. The minimum absolute atomic E-state index is 0.107. The predicted octanol–water partition coefficient (Wildman–Crippen LogP) is 2.05. The van der Waals surface area contributed by atoms with Crippen molar-refractivity contribution in [2.75, 3.05) is 32.5 Å². The highest BCUT2D eigenvalue weighted by Gasteiger charge is 2.24. The van der Waals surface area contributed by atoms with Crippen LogP contribution >= 0.6 is 12.2 Å². The first-order valence-corrected chi connectivity index (χ1v) is 9.70. The van der Waals surface area contributed by atoms with Crippen molar-refractivity contribution in [1.29, 1.82) is 0 Å². The largest absolute Gasteiger partial charge is 0.372 e. The number of aryl methyl sites for hydroxylation is 1. The summed E-state index contributed by atoms with van der Waals surface area (Å²) in [5.74, 6) is 0. The number of nitrogens with one attached hydrogen (secondary N) is 1. The van der Waals surface area contributed by atoms with Crippen LogP contribution in [-0.4, -0.2) is 62.1 Å². The van der Waals surface area contributed by atoms with Crippen LogP contribution in [0.3, 0.4) is 0 Å². The molecule has 2 atom stereocenters. The molecule has 0 aromatic heterocycles. The van der Waals surface area contributed by atoms with Crippen molar-refractivity contribution in [2.24, 2.45) is 0 Å². The quantitative estimate of drug-likeness (QED) is 0.821. The van der Waals surface area contributed by atoms with Gasteiger partial charge in [0.15, 0.2) is 5.11 Å². The van der Waals surface area contributed by atoms with Crippen molar-refractivity contribution in [3.8, 4) is 0 Å². The molecule has 1 aromatic rings. The lowest BCUT2D eigenvalue weighted by Gasteiger charge is -2.37. The van der Waals surface area contributed by atoms with Crippen LogP contribution in [0.4, 0.5) is 5.69 Å². The van der Waals surface area contributed by atoms with E-state index in [9.17, 15) is 8.42 Å². The van der Waals surface area contributed by atoms with E-state index in [2.05, 4.69) is 10.2 Å². The number of hydrogen-bond donors (Lipinski definition) is 1. The number of benzene rings is 1. The standard InChI is InChI=1S/C16H25N3O3S2/c1-11-6-7-14(24(20,21)18(4)5)8-15(11)17-16(23)19-9-12(2)22-13(3)10-19/h6-8,12-13H,9-10H2,1-5H3,(H,17,23)/t12-,13-/m1/s1. The molecular formula is C16H25N3O3S2. The number of morpholine rings is 1. The van der Waals surface area contributed by atoms with Gasteiger partial charge in [0.2, 0.25) is 10.0 Å². The second-order valence-electron chi connectivity index (χ2n) is 6.36. The van der Waals surface area contributed by atoms with Crippen molar-refractivity contribution >= 4 is 33.0 Å². The van der Waals surface area contributed by atoms with Gasteiger partial charge >= 0.3 is 0 Å². The fraction of sp³-hybridized carbons (Fsp3) is 0.562. The number of anilines is 1. The number of thiocarbonyl (C=S) groups is 1. The van der Waals surface area contributed by atoms with Gasteiger partial charge in [-0.25, -0.2) is 12.7 Å². The number of sulfonamides is 1. The van der Waals surface area contributed by atoms with E-state index in [1.165, 1.54) is 18.4 Å². The van der Waals surface area contributed by atoms with E-state index in [4.69, 9.17) is 17.0 Å². The Morgan fingerprint density at radius 3 is 2.42 bits per heavy atom. The molecular weight excluding hydrogens is 346 g/mol. The van der Waals surface area contributed by atoms with Gasteiger partial charge in [-0.15, -0.1) is 0 Å². The third-order valence-corrected chi connectivity index (χ3v) is 6.11. The van der Waals surface area contributed by atoms with Crippen molar-refractivity contribution in [2.45, 2.75) is 37.9 Å². The van der Waals surface area contributed by atoms with Crippen LogP contribution in [-0.2, 0) is 14.8 Å². The molecule has 6 nitrogen and oxygen atoms in total. The fourth-order valence-corrected chi connectivity index (χ4v) is 3.83. The summed E-state index contributed by atoms with van der Waals surface area (Å²) in [7, 11) is -0.443. The van der Waals surface area contributed by atoms with E-state index >= 15 is 0 Å². The molecule has 0 aliphatic carbocycles. The minimum Gasteiger partial charge on any atom is -0.372 e. The van der Waals surface area contributed by atoms with Crippen molar-refractivity contribution < 1.29 is 13.2 Å². The molecule has 1 aliphatic heterocycles. The van der Waals surface area contributed by atoms with E-state index in [0.29, 0.717) is 23.9 Å². The summed E-state index contributed by atoms with van der Waals surface area (Å²) < 4.78 is 31.5. The monoisotopic (exact) mass is 371 g/mol. The maximum absolute atomic E-state index is 12.3. The molecule has 0 bridgehead atoms. The van der Waals surface area contributed by atoms with Gasteiger partial charge in [0, 0.05) is 32.9 Å². The number of nitrogens with zero attached hydrogens (tertiary/aromatic N) is 2. The Morgan fingerprint density at radius 1 is 1.29 bits per heavy atom. The van der Waals surface area contributed by atoms with Crippen LogP contribution in [0.2, 0.25) is 0 Å². The molecule has 2 rings (SSSR count). The summed E-state index contributed by atoms with van der Waals surface area (Å²) in [5, 5.41) is 3.77. The fourth-order valence-electron chi connectivity index (χ4n) is 2.65. The molecule has 24 heavy (non-hydrogen) atoms. The minimum atomic E-state index is -3.48. The molecule has 8 heteroatoms. The summed E-state index contributed by atoms with van der Waals surface area (Å²) in [6.07, 6.45) is 0.213. The van der Waals surface area contributed by atoms with Crippen LogP contribution in [0.5, 0.6) is 0 Å². The van der Waals surface area contributed by atoms with Crippen LogP contribution in [0.15, 0.2) is 23.1 Å². The summed E-state index contributed by atoms with van der Waals surface area (Å²) in [5.41, 5.74) is 1.64. The average Bonchev–Trinajstić information content (AvgIpc) is 2.48. The predicted molar refractivity (Wildman–Crippen MR) is 99.9 cm³/mol. The van der Waals surface area contributed by atoms with E-state index < -0.39 is 10.0 Å². The zero-order valence-electron chi connectivity index (χ0n) is 14.7. The van der Waals surface area contributed by atoms with Crippen LogP contribution in [0.25, 0.3) is 0 Å². The Bertz CT molecular complexity index is 709. The van der Waals surface area contributed by atoms with E-state index in [-0.39, 0.29) is 17.1 Å². The van der Waals surface area contributed by atoms with Gasteiger partial charge in [0.05, 0.1) is 17.1 Å². The van der Waals surface area contributed by atoms with E-state index in [0.717, 1.165) is 5.56 Å². The summed E-state index contributed by atoms with van der Waals surface area (Å²) >= 11 is 5.51. The molecule has 1 aromatic carbocycles. The topological polar surface area (TPSA) is 61.9 Å². The van der Waals surface area contributed by atoms with Crippen LogP contribution < -0.4 is 5.32 Å². The molecule has 0 unspecified atom stereocenters. The zero-order chi connectivity index (χ0) is 18.1. The summed E-state index contributed by atoms with van der Waals surface area (Å²) in [4.78, 5) is 2.30. The molecule has 1 saturated heterocycles. The SMILES string of the molecule is Cc1ccc(S(=O)(=O)N(C)C)cc1NC(=S)N1C[C@@H](C)O[C@H](C)C1. The van der Waals surface area contributed by atoms with Crippen molar-refractivity contribution in [3.05, 3.63) is 23.8 Å². The van der Waals surface area contributed by atoms with Gasteiger partial charge in [0.1, 0.15) is 0 Å². The highest BCUT2D eigenvalue weighted by molar-refractivity contribution is 7.89. The third-order valence-electron chi connectivity index (χ3n) is 3.94. The smallest absolute Gasteiger partial charge is 0.242 e. The second kappa shape index (κ2) is 7.35. The van der Waals surface area contributed by atoms with Crippen LogP contribution in [0.1, 0.15) is 19.4 Å². The molecule has 1 fully saturated rings. The highest BCUT2D eigenvalue weighted by Crippen LogP contribution is 2.23. The molecule has 134 valence electrons.